The number of aliphatic hydroxyl groups is 1. The monoisotopic (exact) mass is 445 g/mol. The molecule has 1 amide bonds. The van der Waals surface area contributed by atoms with Crippen molar-refractivity contribution < 1.29 is 19.1 Å². The lowest BCUT2D eigenvalue weighted by Gasteiger charge is -2.28. The second-order valence-electron chi connectivity index (χ2n) is 7.57. The van der Waals surface area contributed by atoms with Crippen LogP contribution in [-0.2, 0) is 4.79 Å². The Bertz CT molecular complexity index is 996. The van der Waals surface area contributed by atoms with Gasteiger partial charge in [-0.1, -0.05) is 26.0 Å². The fraction of sp³-hybridized carbons (Fsp3) is 0.435. The molecular formula is C23H28FN3O3S. The molecule has 0 spiro atoms. The lowest BCUT2D eigenvalue weighted by atomic mass is 9.95. The minimum Gasteiger partial charge on any atom is -0.503 e. The predicted molar refractivity (Wildman–Crippen MR) is 119 cm³/mol. The predicted octanol–water partition coefficient (Wildman–Crippen LogP) is 4.21. The number of Topliss-reactive ketones (excluding diaryl/α,β-unsaturated/α-hetero) is 1. The van der Waals surface area contributed by atoms with Crippen LogP contribution in [-0.4, -0.2) is 57.8 Å². The smallest absolute Gasteiger partial charge is 0.290 e. The molecule has 0 fully saturated rings. The number of hydrogen-bond acceptors (Lipinski definition) is 6. The molecule has 1 aliphatic rings. The second kappa shape index (κ2) is 9.70. The van der Waals surface area contributed by atoms with Gasteiger partial charge in [0.05, 0.1) is 27.2 Å². The summed E-state index contributed by atoms with van der Waals surface area (Å²) in [7, 11) is 0. The van der Waals surface area contributed by atoms with Gasteiger partial charge < -0.3 is 14.9 Å². The molecular weight excluding hydrogens is 417 g/mol. The van der Waals surface area contributed by atoms with Crippen LogP contribution in [0.5, 0.6) is 0 Å². The van der Waals surface area contributed by atoms with Crippen LogP contribution in [0, 0.1) is 19.7 Å². The number of amides is 1. The molecule has 0 radical (unpaired) electrons. The Morgan fingerprint density at radius 1 is 1.23 bits per heavy atom. The Kier molecular flexibility index (Phi) is 7.23. The van der Waals surface area contributed by atoms with Gasteiger partial charge in [-0.05, 0) is 57.6 Å². The van der Waals surface area contributed by atoms with Crippen molar-refractivity contribution in [2.24, 2.45) is 0 Å². The Labute approximate surface area is 186 Å². The molecule has 2 aromatic rings. The third-order valence-electron chi connectivity index (χ3n) is 5.61. The topological polar surface area (TPSA) is 73.7 Å². The molecule has 2 heterocycles. The van der Waals surface area contributed by atoms with Crippen molar-refractivity contribution >= 4 is 23.0 Å². The molecule has 1 aromatic carbocycles. The highest BCUT2D eigenvalue weighted by atomic mass is 32.1. The van der Waals surface area contributed by atoms with E-state index in [4.69, 9.17) is 0 Å². The van der Waals surface area contributed by atoms with Crippen LogP contribution in [0.1, 0.15) is 52.2 Å². The number of thiazole rings is 1. The maximum Gasteiger partial charge on any atom is 0.290 e. The number of hydrogen-bond donors (Lipinski definition) is 1. The van der Waals surface area contributed by atoms with Crippen LogP contribution in [0.15, 0.2) is 35.6 Å². The van der Waals surface area contributed by atoms with E-state index in [0.29, 0.717) is 29.1 Å². The zero-order valence-corrected chi connectivity index (χ0v) is 19.1. The number of ketones is 1. The van der Waals surface area contributed by atoms with Gasteiger partial charge >= 0.3 is 0 Å². The van der Waals surface area contributed by atoms with Crippen molar-refractivity contribution in [2.75, 3.05) is 26.2 Å². The number of rotatable bonds is 9. The molecule has 0 saturated heterocycles. The maximum atomic E-state index is 13.5. The Morgan fingerprint density at radius 3 is 2.42 bits per heavy atom. The van der Waals surface area contributed by atoms with Crippen LogP contribution < -0.4 is 0 Å². The molecule has 0 saturated carbocycles. The first-order valence-electron chi connectivity index (χ1n) is 10.5. The van der Waals surface area contributed by atoms with Gasteiger partial charge in [-0.3, -0.25) is 9.59 Å². The van der Waals surface area contributed by atoms with Crippen molar-refractivity contribution in [1.29, 1.82) is 0 Å². The van der Waals surface area contributed by atoms with Gasteiger partial charge in [-0.2, -0.15) is 0 Å². The Hall–Kier alpha value is -2.58. The van der Waals surface area contributed by atoms with E-state index in [1.165, 1.54) is 28.4 Å². The number of aryl methyl sites for hydroxylation is 2. The summed E-state index contributed by atoms with van der Waals surface area (Å²) in [5.74, 6) is -1.92. The summed E-state index contributed by atoms with van der Waals surface area (Å²) in [6.07, 6.45) is 0.693. The minimum atomic E-state index is -0.765. The first kappa shape index (κ1) is 23.1. The van der Waals surface area contributed by atoms with Crippen LogP contribution in [0.4, 0.5) is 4.39 Å². The second-order valence-corrected chi connectivity index (χ2v) is 8.78. The minimum absolute atomic E-state index is 0.0335. The van der Waals surface area contributed by atoms with E-state index in [1.807, 2.05) is 0 Å². The van der Waals surface area contributed by atoms with E-state index in [-0.39, 0.29) is 5.57 Å². The summed E-state index contributed by atoms with van der Waals surface area (Å²) in [5, 5.41) is 11.4. The fourth-order valence-electron chi connectivity index (χ4n) is 3.98. The highest BCUT2D eigenvalue weighted by molar-refractivity contribution is 7.14. The molecule has 1 aliphatic heterocycles. The summed E-state index contributed by atoms with van der Waals surface area (Å²) < 4.78 is 13.5. The molecule has 1 N–H and O–H groups in total. The normalized spacial score (nSPS) is 16.6. The van der Waals surface area contributed by atoms with E-state index in [1.54, 1.807) is 26.0 Å². The van der Waals surface area contributed by atoms with Gasteiger partial charge in [0.15, 0.2) is 5.76 Å². The van der Waals surface area contributed by atoms with Crippen LogP contribution in [0.3, 0.4) is 0 Å². The van der Waals surface area contributed by atoms with Gasteiger partial charge in [0.1, 0.15) is 5.82 Å². The molecule has 31 heavy (non-hydrogen) atoms. The standard InChI is InChI=1S/C23H28FN3O3S/c1-5-26(6-2)12-7-13-27-19(16-8-10-17(24)11-9-16)18(21(29)23(27)30)20(28)22-14(3)25-15(4)31-22/h8-11,19,29H,5-7,12-13H2,1-4H3/t19-/m0/s1. The maximum absolute atomic E-state index is 13.5. The third-order valence-corrected chi connectivity index (χ3v) is 6.68. The van der Waals surface area contributed by atoms with Gasteiger partial charge in [0.25, 0.3) is 5.91 Å². The van der Waals surface area contributed by atoms with E-state index in [0.717, 1.165) is 24.6 Å². The number of aromatic nitrogens is 1. The van der Waals surface area contributed by atoms with Crippen molar-refractivity contribution in [1.82, 2.24) is 14.8 Å². The summed E-state index contributed by atoms with van der Waals surface area (Å²) in [6.45, 7) is 10.7. The summed E-state index contributed by atoms with van der Waals surface area (Å²) in [6, 6.07) is 4.95. The summed E-state index contributed by atoms with van der Waals surface area (Å²) >= 11 is 1.24. The molecule has 6 nitrogen and oxygen atoms in total. The van der Waals surface area contributed by atoms with Gasteiger partial charge in [-0.25, -0.2) is 9.37 Å². The fourth-order valence-corrected chi connectivity index (χ4v) is 4.85. The molecule has 3 rings (SSSR count). The zero-order valence-electron chi connectivity index (χ0n) is 18.3. The summed E-state index contributed by atoms with van der Waals surface area (Å²) in [5.41, 5.74) is 1.19. The average Bonchev–Trinajstić information content (AvgIpc) is 3.21. The molecule has 0 unspecified atom stereocenters. The quantitative estimate of drug-likeness (QED) is 0.586. The van der Waals surface area contributed by atoms with Crippen molar-refractivity contribution in [2.45, 2.75) is 40.2 Å². The number of aliphatic hydroxyl groups excluding tert-OH is 1. The van der Waals surface area contributed by atoms with E-state index in [9.17, 15) is 19.1 Å². The molecule has 1 atom stereocenters. The zero-order chi connectivity index (χ0) is 22.7. The van der Waals surface area contributed by atoms with Gasteiger partial charge in [0.2, 0.25) is 5.78 Å². The van der Waals surface area contributed by atoms with E-state index >= 15 is 0 Å². The van der Waals surface area contributed by atoms with Crippen molar-refractivity contribution in [3.05, 3.63) is 62.6 Å². The molecule has 1 aromatic heterocycles. The highest BCUT2D eigenvalue weighted by Crippen LogP contribution is 2.40. The molecule has 0 bridgehead atoms. The lowest BCUT2D eigenvalue weighted by Crippen LogP contribution is -2.34. The Balaban J connectivity index is 1.97. The molecule has 166 valence electrons. The number of nitrogens with zero attached hydrogens (tertiary/aromatic N) is 3. The first-order valence-corrected chi connectivity index (χ1v) is 11.3. The third kappa shape index (κ3) is 4.70. The van der Waals surface area contributed by atoms with Crippen LogP contribution >= 0.6 is 11.3 Å². The van der Waals surface area contributed by atoms with Crippen LogP contribution in [0.2, 0.25) is 0 Å². The van der Waals surface area contributed by atoms with E-state index < -0.39 is 29.3 Å². The van der Waals surface area contributed by atoms with Crippen LogP contribution in [0.25, 0.3) is 0 Å². The van der Waals surface area contributed by atoms with E-state index in [2.05, 4.69) is 23.7 Å². The number of halogens is 1. The van der Waals surface area contributed by atoms with Gasteiger partial charge in [-0.15, -0.1) is 11.3 Å². The first-order chi connectivity index (χ1) is 14.8. The van der Waals surface area contributed by atoms with Gasteiger partial charge in [0, 0.05) is 6.54 Å². The summed E-state index contributed by atoms with van der Waals surface area (Å²) in [4.78, 5) is 34.8. The van der Waals surface area contributed by atoms with Crippen molar-refractivity contribution in [3.8, 4) is 0 Å². The van der Waals surface area contributed by atoms with Crippen molar-refractivity contribution in [3.63, 3.8) is 0 Å². The largest absolute Gasteiger partial charge is 0.503 e. The highest BCUT2D eigenvalue weighted by Gasteiger charge is 2.44. The SMILES string of the molecule is CCN(CC)CCCN1C(=O)C(O)=C(C(=O)c2sc(C)nc2C)[C@@H]1c1ccc(F)cc1. The number of benzene rings is 1. The Morgan fingerprint density at radius 2 is 1.87 bits per heavy atom. The molecule has 8 heteroatoms. The molecule has 0 aliphatic carbocycles. The number of carbonyl (C=O) groups excluding carboxylic acids is 2. The average molecular weight is 446 g/mol. The number of carbonyl (C=O) groups is 2. The lowest BCUT2D eigenvalue weighted by molar-refractivity contribution is -0.129.